The highest BCUT2D eigenvalue weighted by Crippen LogP contribution is 2.30. The lowest BCUT2D eigenvalue weighted by atomic mass is 10.0. The highest BCUT2D eigenvalue weighted by Gasteiger charge is 2.42. The number of benzene rings is 2. The normalized spacial score (nSPS) is 17.1. The fourth-order valence-electron chi connectivity index (χ4n) is 5.49. The van der Waals surface area contributed by atoms with Crippen molar-refractivity contribution >= 4 is 46.7 Å². The van der Waals surface area contributed by atoms with Gasteiger partial charge in [0.1, 0.15) is 18.0 Å². The molecule has 3 amide bonds. The smallest absolute Gasteiger partial charge is 0.329 e. The van der Waals surface area contributed by atoms with Gasteiger partial charge in [0.2, 0.25) is 5.91 Å². The van der Waals surface area contributed by atoms with E-state index in [-0.39, 0.29) is 25.4 Å². The Kier molecular flexibility index (Phi) is 9.99. The zero-order chi connectivity index (χ0) is 33.0. The number of halogens is 1. The predicted octanol–water partition coefficient (Wildman–Crippen LogP) is 1.74. The Bertz CT molecular complexity index is 1580. The SMILES string of the molecule is COCCN1CCN(c2ccc(CC(C(=O)OC(C)(C)C)N3CCN(c4cc(Cl)ccc4-n4cnnn4)C(=O)C3=O)cc2)C(=O)C1. The molecule has 0 aliphatic carbocycles. The summed E-state index contributed by atoms with van der Waals surface area (Å²) in [7, 11) is 1.64. The number of aromatic nitrogens is 4. The maximum absolute atomic E-state index is 13.7. The topological polar surface area (TPSA) is 143 Å². The van der Waals surface area contributed by atoms with Crippen molar-refractivity contribution in [1.82, 2.24) is 30.0 Å². The van der Waals surface area contributed by atoms with Crippen LogP contribution in [-0.4, -0.2) is 118 Å². The van der Waals surface area contributed by atoms with Gasteiger partial charge in [-0.2, -0.15) is 4.68 Å². The summed E-state index contributed by atoms with van der Waals surface area (Å²) in [5.41, 5.74) is 1.48. The van der Waals surface area contributed by atoms with Crippen molar-refractivity contribution in [2.75, 3.05) is 62.8 Å². The molecule has 2 fully saturated rings. The van der Waals surface area contributed by atoms with Gasteiger partial charge >= 0.3 is 17.8 Å². The number of carbonyl (C=O) groups excluding carboxylic acids is 4. The molecular formula is C31H37ClN8O6. The zero-order valence-electron chi connectivity index (χ0n) is 26.3. The quantitative estimate of drug-likeness (QED) is 0.235. The minimum Gasteiger partial charge on any atom is -0.458 e. The third-order valence-electron chi connectivity index (χ3n) is 7.72. The van der Waals surface area contributed by atoms with Gasteiger partial charge in [0.15, 0.2) is 0 Å². The number of ether oxygens (including phenoxy) is 2. The first-order valence-electron chi connectivity index (χ1n) is 14.9. The van der Waals surface area contributed by atoms with E-state index in [1.165, 1.54) is 20.8 Å². The molecule has 5 rings (SSSR count). The van der Waals surface area contributed by atoms with E-state index in [2.05, 4.69) is 20.4 Å². The molecule has 2 aliphatic heterocycles. The van der Waals surface area contributed by atoms with Gasteiger partial charge in [-0.15, -0.1) is 5.10 Å². The molecule has 1 aromatic heterocycles. The maximum atomic E-state index is 13.7. The number of piperazine rings is 2. The Morgan fingerprint density at radius 3 is 2.35 bits per heavy atom. The molecule has 2 aromatic carbocycles. The van der Waals surface area contributed by atoms with E-state index in [1.54, 1.807) is 51.0 Å². The van der Waals surface area contributed by atoms with E-state index in [1.807, 2.05) is 24.3 Å². The van der Waals surface area contributed by atoms with E-state index in [0.717, 1.165) is 17.8 Å². The summed E-state index contributed by atoms with van der Waals surface area (Å²) in [4.78, 5) is 60.0. The Morgan fingerprint density at radius 2 is 1.70 bits per heavy atom. The van der Waals surface area contributed by atoms with Gasteiger partial charge < -0.3 is 24.2 Å². The largest absolute Gasteiger partial charge is 0.458 e. The first kappa shape index (κ1) is 33.0. The van der Waals surface area contributed by atoms with Crippen molar-refractivity contribution in [2.24, 2.45) is 0 Å². The predicted molar refractivity (Wildman–Crippen MR) is 169 cm³/mol. The summed E-state index contributed by atoms with van der Waals surface area (Å²) in [6, 6.07) is 11.1. The molecule has 0 radical (unpaired) electrons. The summed E-state index contributed by atoms with van der Waals surface area (Å²) in [5.74, 6) is -2.30. The number of amides is 3. The molecule has 46 heavy (non-hydrogen) atoms. The number of hydrogen-bond acceptors (Lipinski definition) is 10. The van der Waals surface area contributed by atoms with Crippen LogP contribution in [0.3, 0.4) is 0 Å². The van der Waals surface area contributed by atoms with Gasteiger partial charge in [-0.3, -0.25) is 19.3 Å². The molecule has 0 spiro atoms. The fourth-order valence-corrected chi connectivity index (χ4v) is 5.65. The average molecular weight is 653 g/mol. The molecule has 3 heterocycles. The van der Waals surface area contributed by atoms with E-state index in [0.29, 0.717) is 42.6 Å². The first-order valence-corrected chi connectivity index (χ1v) is 15.3. The number of esters is 1. The molecule has 15 heteroatoms. The standard InChI is InChI=1S/C31H37ClN8O6/c1-31(2,3)46-30(44)26(17-21-5-8-23(9-6-21)37-12-11-36(15-16-45-4)19-27(37)41)39-14-13-38(28(42)29(39)43)25-18-22(32)7-10-24(25)40-20-33-34-35-40/h5-10,18,20,26H,11-17,19H2,1-4H3. The van der Waals surface area contributed by atoms with Crippen LogP contribution in [0.4, 0.5) is 11.4 Å². The van der Waals surface area contributed by atoms with Crippen LogP contribution < -0.4 is 9.80 Å². The van der Waals surface area contributed by atoms with Crippen LogP contribution in [0, 0.1) is 0 Å². The number of methoxy groups -OCH3 is 1. The summed E-state index contributed by atoms with van der Waals surface area (Å²) in [6.45, 7) is 8.22. The third-order valence-corrected chi connectivity index (χ3v) is 7.96. The second-order valence-corrected chi connectivity index (χ2v) is 12.5. The Morgan fingerprint density at radius 1 is 0.957 bits per heavy atom. The molecular weight excluding hydrogens is 616 g/mol. The minimum absolute atomic E-state index is 0.00772. The number of nitrogens with zero attached hydrogens (tertiary/aromatic N) is 8. The van der Waals surface area contributed by atoms with Crippen molar-refractivity contribution in [3.05, 3.63) is 59.4 Å². The molecule has 0 N–H and O–H groups in total. The minimum atomic E-state index is -1.06. The second kappa shape index (κ2) is 13.9. The monoisotopic (exact) mass is 652 g/mol. The highest BCUT2D eigenvalue weighted by atomic mass is 35.5. The molecule has 14 nitrogen and oxygen atoms in total. The van der Waals surface area contributed by atoms with Crippen LogP contribution in [0.5, 0.6) is 0 Å². The number of hydrogen-bond donors (Lipinski definition) is 0. The summed E-state index contributed by atoms with van der Waals surface area (Å²) in [6.07, 6.45) is 1.48. The number of anilines is 2. The van der Waals surface area contributed by atoms with E-state index in [9.17, 15) is 19.2 Å². The number of carbonyl (C=O) groups is 4. The van der Waals surface area contributed by atoms with Crippen LogP contribution in [0.15, 0.2) is 48.8 Å². The Balaban J connectivity index is 1.34. The molecule has 0 saturated carbocycles. The van der Waals surface area contributed by atoms with Crippen LogP contribution in [-0.2, 0) is 35.1 Å². The molecule has 1 atom stereocenters. The van der Waals surface area contributed by atoms with Gasteiger partial charge in [0.25, 0.3) is 0 Å². The first-order chi connectivity index (χ1) is 21.9. The van der Waals surface area contributed by atoms with Crippen LogP contribution >= 0.6 is 11.6 Å². The molecule has 1 unspecified atom stereocenters. The van der Waals surface area contributed by atoms with E-state index >= 15 is 0 Å². The summed E-state index contributed by atoms with van der Waals surface area (Å²) >= 11 is 6.26. The van der Waals surface area contributed by atoms with Crippen LogP contribution in [0.25, 0.3) is 5.69 Å². The van der Waals surface area contributed by atoms with Crippen LogP contribution in [0.1, 0.15) is 26.3 Å². The number of tetrazole rings is 1. The highest BCUT2D eigenvalue weighted by molar-refractivity contribution is 6.41. The van der Waals surface area contributed by atoms with Gasteiger partial charge in [-0.25, -0.2) is 4.79 Å². The van der Waals surface area contributed by atoms with Crippen molar-refractivity contribution in [1.29, 1.82) is 0 Å². The Labute approximate surface area is 271 Å². The van der Waals surface area contributed by atoms with Crippen molar-refractivity contribution in [2.45, 2.75) is 38.8 Å². The van der Waals surface area contributed by atoms with E-state index < -0.39 is 29.4 Å². The summed E-state index contributed by atoms with van der Waals surface area (Å²) < 4.78 is 12.2. The van der Waals surface area contributed by atoms with Crippen molar-refractivity contribution in [3.63, 3.8) is 0 Å². The van der Waals surface area contributed by atoms with Gasteiger partial charge in [-0.1, -0.05) is 23.7 Å². The molecule has 2 saturated heterocycles. The second-order valence-electron chi connectivity index (χ2n) is 12.1. The third kappa shape index (κ3) is 7.52. The Hall–Kier alpha value is -4.40. The summed E-state index contributed by atoms with van der Waals surface area (Å²) in [5, 5.41) is 11.6. The molecule has 0 bridgehead atoms. The average Bonchev–Trinajstić information content (AvgIpc) is 3.55. The van der Waals surface area contributed by atoms with Crippen molar-refractivity contribution < 1.29 is 28.7 Å². The zero-order valence-corrected chi connectivity index (χ0v) is 27.0. The van der Waals surface area contributed by atoms with Crippen molar-refractivity contribution in [3.8, 4) is 5.69 Å². The van der Waals surface area contributed by atoms with E-state index in [4.69, 9.17) is 21.1 Å². The fraction of sp³-hybridized carbons (Fsp3) is 0.452. The lowest BCUT2D eigenvalue weighted by Crippen LogP contribution is -2.60. The molecule has 244 valence electrons. The molecule has 3 aromatic rings. The lowest BCUT2D eigenvalue weighted by molar-refractivity contribution is -0.166. The van der Waals surface area contributed by atoms with Gasteiger partial charge in [0, 0.05) is 57.0 Å². The maximum Gasteiger partial charge on any atom is 0.329 e. The van der Waals surface area contributed by atoms with Gasteiger partial charge in [-0.05, 0) is 67.1 Å². The van der Waals surface area contributed by atoms with Crippen LogP contribution in [0.2, 0.25) is 5.02 Å². The lowest BCUT2D eigenvalue weighted by Gasteiger charge is -2.38. The van der Waals surface area contributed by atoms with Gasteiger partial charge in [0.05, 0.1) is 24.5 Å². The molecule has 2 aliphatic rings. The number of rotatable bonds is 10.